The number of carboxylic acids is 1. The van der Waals surface area contributed by atoms with Crippen molar-refractivity contribution in [3.8, 4) is 0 Å². The Hall–Kier alpha value is -1.07. The van der Waals surface area contributed by atoms with Gasteiger partial charge >= 0.3 is 5.97 Å². The molecular formula is C11H18N2O3. The second kappa shape index (κ2) is 5.32. The van der Waals surface area contributed by atoms with E-state index in [0.29, 0.717) is 0 Å². The number of hydrogen-bond acceptors (Lipinski definition) is 4. The second-order valence-corrected chi connectivity index (χ2v) is 4.27. The topological polar surface area (TPSA) is 61.8 Å². The number of nitrogens with zero attached hydrogens (tertiary/aromatic N) is 1. The third-order valence-corrected chi connectivity index (χ3v) is 2.99. The zero-order valence-electron chi connectivity index (χ0n) is 9.32. The summed E-state index contributed by atoms with van der Waals surface area (Å²) in [5.41, 5.74) is 3.97. The number of hydroxylamine groups is 1. The van der Waals surface area contributed by atoms with E-state index in [4.69, 9.17) is 9.94 Å². The molecule has 5 nitrogen and oxygen atoms in total. The SMILES string of the molecule is O=C(O)CN1CCCCC1=CC1CCNO1. The summed E-state index contributed by atoms with van der Waals surface area (Å²) in [5.74, 6) is -0.765. The van der Waals surface area contributed by atoms with Gasteiger partial charge in [-0.05, 0) is 31.8 Å². The van der Waals surface area contributed by atoms with Crippen molar-refractivity contribution in [1.29, 1.82) is 0 Å². The predicted octanol–water partition coefficient (Wildman–Crippen LogP) is 0.734. The predicted molar refractivity (Wildman–Crippen MR) is 58.6 cm³/mol. The van der Waals surface area contributed by atoms with Gasteiger partial charge in [0.05, 0.1) is 0 Å². The lowest BCUT2D eigenvalue weighted by Crippen LogP contribution is -2.33. The maximum atomic E-state index is 10.7. The number of carbonyl (C=O) groups is 1. The molecule has 0 aromatic carbocycles. The van der Waals surface area contributed by atoms with Crippen LogP contribution in [-0.4, -0.2) is 41.7 Å². The average molecular weight is 226 g/mol. The number of piperidine rings is 1. The highest BCUT2D eigenvalue weighted by atomic mass is 16.7. The number of likely N-dealkylation sites (tertiary alicyclic amines) is 1. The fourth-order valence-corrected chi connectivity index (χ4v) is 2.20. The van der Waals surface area contributed by atoms with Crippen molar-refractivity contribution in [2.24, 2.45) is 0 Å². The van der Waals surface area contributed by atoms with Crippen LogP contribution in [0.25, 0.3) is 0 Å². The van der Waals surface area contributed by atoms with Crippen molar-refractivity contribution in [3.05, 3.63) is 11.8 Å². The van der Waals surface area contributed by atoms with Gasteiger partial charge in [0.1, 0.15) is 12.6 Å². The smallest absolute Gasteiger partial charge is 0.323 e. The van der Waals surface area contributed by atoms with Gasteiger partial charge in [-0.15, -0.1) is 0 Å². The largest absolute Gasteiger partial charge is 0.480 e. The minimum absolute atomic E-state index is 0.101. The second-order valence-electron chi connectivity index (χ2n) is 4.27. The molecule has 0 saturated carbocycles. The molecule has 0 aromatic heterocycles. The minimum atomic E-state index is -0.765. The van der Waals surface area contributed by atoms with E-state index < -0.39 is 5.97 Å². The van der Waals surface area contributed by atoms with Crippen LogP contribution in [0.2, 0.25) is 0 Å². The van der Waals surface area contributed by atoms with Crippen molar-refractivity contribution in [1.82, 2.24) is 10.4 Å². The fraction of sp³-hybridized carbons (Fsp3) is 0.727. The molecule has 90 valence electrons. The molecule has 16 heavy (non-hydrogen) atoms. The van der Waals surface area contributed by atoms with Gasteiger partial charge in [-0.1, -0.05) is 0 Å². The van der Waals surface area contributed by atoms with Crippen molar-refractivity contribution >= 4 is 5.97 Å². The Balaban J connectivity index is 1.99. The minimum Gasteiger partial charge on any atom is -0.480 e. The Labute approximate surface area is 95.0 Å². The average Bonchev–Trinajstić information content (AvgIpc) is 2.73. The van der Waals surface area contributed by atoms with Crippen LogP contribution in [0, 0.1) is 0 Å². The van der Waals surface area contributed by atoms with Crippen LogP contribution in [-0.2, 0) is 9.63 Å². The van der Waals surface area contributed by atoms with Crippen LogP contribution < -0.4 is 5.48 Å². The summed E-state index contributed by atoms with van der Waals surface area (Å²) in [6.07, 6.45) is 6.32. The molecule has 2 saturated heterocycles. The van der Waals surface area contributed by atoms with Gasteiger partial charge in [-0.2, -0.15) is 0 Å². The van der Waals surface area contributed by atoms with Gasteiger partial charge < -0.3 is 10.0 Å². The van der Waals surface area contributed by atoms with Crippen LogP contribution in [0.5, 0.6) is 0 Å². The molecule has 0 aromatic rings. The Bertz CT molecular complexity index is 285. The molecule has 2 aliphatic rings. The molecular weight excluding hydrogens is 208 g/mol. The highest BCUT2D eigenvalue weighted by Crippen LogP contribution is 2.22. The van der Waals surface area contributed by atoms with Crippen LogP contribution in [0.15, 0.2) is 11.8 Å². The number of hydrogen-bond donors (Lipinski definition) is 2. The van der Waals surface area contributed by atoms with Crippen LogP contribution in [0.4, 0.5) is 0 Å². The van der Waals surface area contributed by atoms with E-state index in [1.165, 1.54) is 0 Å². The molecule has 2 N–H and O–H groups in total. The summed E-state index contributed by atoms with van der Waals surface area (Å²) in [6.45, 7) is 1.82. The zero-order chi connectivity index (χ0) is 11.4. The van der Waals surface area contributed by atoms with Crippen molar-refractivity contribution in [2.45, 2.75) is 31.8 Å². The van der Waals surface area contributed by atoms with E-state index in [0.717, 1.165) is 44.5 Å². The van der Waals surface area contributed by atoms with Gasteiger partial charge in [0.2, 0.25) is 0 Å². The zero-order valence-corrected chi connectivity index (χ0v) is 9.32. The number of carboxylic acid groups (broad SMARTS) is 1. The monoisotopic (exact) mass is 226 g/mol. The van der Waals surface area contributed by atoms with Gasteiger partial charge in [-0.3, -0.25) is 9.63 Å². The van der Waals surface area contributed by atoms with Crippen molar-refractivity contribution in [2.75, 3.05) is 19.6 Å². The fourth-order valence-electron chi connectivity index (χ4n) is 2.20. The number of allylic oxidation sites excluding steroid dienone is 1. The highest BCUT2D eigenvalue weighted by molar-refractivity contribution is 5.69. The number of rotatable bonds is 3. The molecule has 1 unspecified atom stereocenters. The lowest BCUT2D eigenvalue weighted by atomic mass is 10.0. The Morgan fingerprint density at radius 3 is 3.19 bits per heavy atom. The molecule has 5 heteroatoms. The maximum Gasteiger partial charge on any atom is 0.323 e. The molecule has 2 aliphatic heterocycles. The van der Waals surface area contributed by atoms with Crippen LogP contribution >= 0.6 is 0 Å². The van der Waals surface area contributed by atoms with Crippen LogP contribution in [0.1, 0.15) is 25.7 Å². The van der Waals surface area contributed by atoms with E-state index in [9.17, 15) is 4.79 Å². The maximum absolute atomic E-state index is 10.7. The first-order chi connectivity index (χ1) is 7.75. The first-order valence-electron chi connectivity index (χ1n) is 5.81. The molecule has 0 amide bonds. The van der Waals surface area contributed by atoms with E-state index in [1.54, 1.807) is 0 Å². The quantitative estimate of drug-likeness (QED) is 0.743. The Morgan fingerprint density at radius 1 is 1.62 bits per heavy atom. The summed E-state index contributed by atoms with van der Waals surface area (Å²) >= 11 is 0. The summed E-state index contributed by atoms with van der Waals surface area (Å²) in [7, 11) is 0. The van der Waals surface area contributed by atoms with Gasteiger partial charge in [0, 0.05) is 18.8 Å². The summed E-state index contributed by atoms with van der Waals surface area (Å²) < 4.78 is 0. The first kappa shape index (κ1) is 11.4. The van der Waals surface area contributed by atoms with Gasteiger partial charge in [-0.25, -0.2) is 5.48 Å². The number of nitrogens with one attached hydrogen (secondary N) is 1. The van der Waals surface area contributed by atoms with Gasteiger partial charge in [0.15, 0.2) is 0 Å². The molecule has 0 aliphatic carbocycles. The Kier molecular flexibility index (Phi) is 3.79. The van der Waals surface area contributed by atoms with E-state index in [1.807, 2.05) is 4.90 Å². The third-order valence-electron chi connectivity index (χ3n) is 2.99. The molecule has 2 fully saturated rings. The summed E-state index contributed by atoms with van der Waals surface area (Å²) in [4.78, 5) is 18.0. The van der Waals surface area contributed by atoms with Gasteiger partial charge in [0.25, 0.3) is 0 Å². The van der Waals surface area contributed by atoms with Crippen molar-refractivity contribution in [3.63, 3.8) is 0 Å². The molecule has 0 radical (unpaired) electrons. The van der Waals surface area contributed by atoms with E-state index >= 15 is 0 Å². The molecule has 2 heterocycles. The molecule has 0 bridgehead atoms. The van der Waals surface area contributed by atoms with Crippen molar-refractivity contribution < 1.29 is 14.7 Å². The lowest BCUT2D eigenvalue weighted by molar-refractivity contribution is -0.138. The molecule has 1 atom stereocenters. The third kappa shape index (κ3) is 2.96. The summed E-state index contributed by atoms with van der Waals surface area (Å²) in [6, 6.07) is 0. The lowest BCUT2D eigenvalue weighted by Gasteiger charge is -2.30. The normalized spacial score (nSPS) is 28.6. The number of aliphatic carboxylic acids is 1. The van der Waals surface area contributed by atoms with E-state index in [2.05, 4.69) is 11.6 Å². The van der Waals surface area contributed by atoms with E-state index in [-0.39, 0.29) is 12.6 Å². The molecule has 2 rings (SSSR count). The highest BCUT2D eigenvalue weighted by Gasteiger charge is 2.20. The Morgan fingerprint density at radius 2 is 2.50 bits per heavy atom. The first-order valence-corrected chi connectivity index (χ1v) is 5.81. The summed E-state index contributed by atoms with van der Waals surface area (Å²) in [5, 5.41) is 8.83. The van der Waals surface area contributed by atoms with Crippen LogP contribution in [0.3, 0.4) is 0 Å². The standard InChI is InChI=1S/C11H18N2O3/c14-11(15)8-13-6-2-1-3-9(13)7-10-4-5-12-16-10/h7,10,12H,1-6,8H2,(H,14,15). The molecule has 0 spiro atoms.